The molecule has 3 N–H and O–H groups in total. The Kier molecular flexibility index (Phi) is 4.80. The number of nitrogen functional groups attached to an aromatic ring is 1. The quantitative estimate of drug-likeness (QED) is 0.390. The summed E-state index contributed by atoms with van der Waals surface area (Å²) in [6, 6.07) is 26.3. The molecule has 5 rings (SSSR count). The van der Waals surface area contributed by atoms with Crippen LogP contribution in [-0.2, 0) is 0 Å². The standard InChI is InChI=1S/C25H22N6/c1-17(18-6-3-2-4-7-18)29-25-27-13-12-24(30-25)31-16-28-22-15-20(10-11-23(22)31)19-8-5-9-21(26)14-19/h2-17H,26H2,1H3,(H,27,29,30). The molecule has 0 saturated heterocycles. The molecule has 6 heteroatoms. The van der Waals surface area contributed by atoms with Gasteiger partial charge in [-0.15, -0.1) is 0 Å². The maximum atomic E-state index is 5.93. The normalized spacial score (nSPS) is 12.0. The molecule has 0 amide bonds. The van der Waals surface area contributed by atoms with Crippen LogP contribution in [0.25, 0.3) is 28.0 Å². The number of hydrogen-bond donors (Lipinski definition) is 2. The van der Waals surface area contributed by atoms with E-state index in [2.05, 4.69) is 52.5 Å². The predicted molar refractivity (Wildman–Crippen MR) is 125 cm³/mol. The van der Waals surface area contributed by atoms with Crippen LogP contribution in [0.2, 0.25) is 0 Å². The van der Waals surface area contributed by atoms with Crippen molar-refractivity contribution in [1.29, 1.82) is 0 Å². The third-order valence-electron chi connectivity index (χ3n) is 5.30. The van der Waals surface area contributed by atoms with Gasteiger partial charge in [0.1, 0.15) is 12.1 Å². The molecule has 0 spiro atoms. The molecule has 0 fully saturated rings. The van der Waals surface area contributed by atoms with Gasteiger partial charge >= 0.3 is 0 Å². The molecule has 1 atom stereocenters. The fraction of sp³-hybridized carbons (Fsp3) is 0.0800. The zero-order chi connectivity index (χ0) is 21.2. The Morgan fingerprint density at radius 1 is 0.871 bits per heavy atom. The molecule has 6 nitrogen and oxygen atoms in total. The monoisotopic (exact) mass is 406 g/mol. The van der Waals surface area contributed by atoms with Crippen LogP contribution < -0.4 is 11.1 Å². The Labute approximate surface area is 180 Å². The van der Waals surface area contributed by atoms with Crippen LogP contribution in [0.1, 0.15) is 18.5 Å². The molecule has 0 aliphatic rings. The summed E-state index contributed by atoms with van der Waals surface area (Å²) >= 11 is 0. The van der Waals surface area contributed by atoms with Crippen molar-refractivity contribution >= 4 is 22.7 Å². The number of nitrogens with one attached hydrogen (secondary N) is 1. The van der Waals surface area contributed by atoms with Crippen LogP contribution in [0.5, 0.6) is 0 Å². The van der Waals surface area contributed by atoms with E-state index in [9.17, 15) is 0 Å². The van der Waals surface area contributed by atoms with Gasteiger partial charge in [0.05, 0.1) is 17.1 Å². The lowest BCUT2D eigenvalue weighted by molar-refractivity contribution is 0.854. The van der Waals surface area contributed by atoms with Crippen LogP contribution in [-0.4, -0.2) is 19.5 Å². The summed E-state index contributed by atoms with van der Waals surface area (Å²) in [5, 5.41) is 3.38. The van der Waals surface area contributed by atoms with Crippen LogP contribution in [0.3, 0.4) is 0 Å². The highest BCUT2D eigenvalue weighted by atomic mass is 15.2. The van der Waals surface area contributed by atoms with E-state index in [1.165, 1.54) is 5.56 Å². The molecule has 1 unspecified atom stereocenters. The lowest BCUT2D eigenvalue weighted by Gasteiger charge is -2.14. The van der Waals surface area contributed by atoms with Gasteiger partial charge in [-0.25, -0.2) is 9.97 Å². The average Bonchev–Trinajstić information content (AvgIpc) is 3.23. The molecule has 31 heavy (non-hydrogen) atoms. The molecule has 0 aliphatic heterocycles. The molecule has 0 saturated carbocycles. The zero-order valence-electron chi connectivity index (χ0n) is 17.1. The predicted octanol–water partition coefficient (Wildman–Crippen LogP) is 5.24. The number of hydrogen-bond acceptors (Lipinski definition) is 5. The molecule has 0 aliphatic carbocycles. The fourth-order valence-corrected chi connectivity index (χ4v) is 3.66. The van der Waals surface area contributed by atoms with E-state index in [4.69, 9.17) is 10.7 Å². The Balaban J connectivity index is 1.45. The minimum atomic E-state index is 0.0943. The largest absolute Gasteiger partial charge is 0.399 e. The number of anilines is 2. The Bertz CT molecular complexity index is 1340. The first-order valence-electron chi connectivity index (χ1n) is 10.2. The van der Waals surface area contributed by atoms with Crippen molar-refractivity contribution in [2.75, 3.05) is 11.1 Å². The number of benzene rings is 3. The summed E-state index contributed by atoms with van der Waals surface area (Å²) < 4.78 is 1.97. The maximum absolute atomic E-state index is 5.93. The van der Waals surface area contributed by atoms with Gasteiger partial charge in [0, 0.05) is 11.9 Å². The van der Waals surface area contributed by atoms with Gasteiger partial charge in [-0.1, -0.05) is 48.5 Å². The molecular weight excluding hydrogens is 384 g/mol. The van der Waals surface area contributed by atoms with Crippen molar-refractivity contribution in [2.45, 2.75) is 13.0 Å². The zero-order valence-corrected chi connectivity index (χ0v) is 17.1. The van der Waals surface area contributed by atoms with Crippen molar-refractivity contribution in [2.24, 2.45) is 0 Å². The van der Waals surface area contributed by atoms with Crippen LogP contribution >= 0.6 is 0 Å². The van der Waals surface area contributed by atoms with Crippen LogP contribution in [0.15, 0.2) is 91.4 Å². The van der Waals surface area contributed by atoms with Gasteiger partial charge in [0.25, 0.3) is 0 Å². The van der Waals surface area contributed by atoms with Gasteiger partial charge < -0.3 is 11.1 Å². The van der Waals surface area contributed by atoms with E-state index in [1.807, 2.05) is 53.1 Å². The Hall–Kier alpha value is -4.19. The second-order valence-corrected chi connectivity index (χ2v) is 7.46. The third-order valence-corrected chi connectivity index (χ3v) is 5.30. The van der Waals surface area contributed by atoms with Crippen molar-refractivity contribution in [3.05, 3.63) is 97.0 Å². The van der Waals surface area contributed by atoms with Gasteiger partial charge in [-0.2, -0.15) is 4.98 Å². The first-order chi connectivity index (χ1) is 15.2. The van der Waals surface area contributed by atoms with Gasteiger partial charge in [0.2, 0.25) is 5.95 Å². The number of rotatable bonds is 5. The van der Waals surface area contributed by atoms with Crippen molar-refractivity contribution in [1.82, 2.24) is 19.5 Å². The number of imidazole rings is 1. The van der Waals surface area contributed by atoms with Crippen LogP contribution in [0, 0.1) is 0 Å². The molecule has 0 bridgehead atoms. The van der Waals surface area contributed by atoms with Gasteiger partial charge in [-0.05, 0) is 53.9 Å². The summed E-state index contributed by atoms with van der Waals surface area (Å²) in [6.45, 7) is 2.09. The molecular formula is C25H22N6. The van der Waals surface area contributed by atoms with E-state index in [0.717, 1.165) is 33.7 Å². The van der Waals surface area contributed by atoms with E-state index in [0.29, 0.717) is 5.95 Å². The number of aromatic nitrogens is 4. The summed E-state index contributed by atoms with van der Waals surface area (Å²) in [5.74, 6) is 1.34. The maximum Gasteiger partial charge on any atom is 0.225 e. The topological polar surface area (TPSA) is 81.7 Å². The molecule has 3 aromatic carbocycles. The van der Waals surface area contributed by atoms with Gasteiger partial charge in [0.15, 0.2) is 0 Å². The SMILES string of the molecule is CC(Nc1nccc(-n2cnc3cc(-c4cccc(N)c4)ccc32)n1)c1ccccc1. The second kappa shape index (κ2) is 7.91. The van der Waals surface area contributed by atoms with E-state index in [1.54, 1.807) is 12.5 Å². The summed E-state index contributed by atoms with van der Waals surface area (Å²) in [5.41, 5.74) is 11.9. The van der Waals surface area contributed by atoms with Crippen LogP contribution in [0.4, 0.5) is 11.6 Å². The van der Waals surface area contributed by atoms with Crippen molar-refractivity contribution < 1.29 is 0 Å². The number of nitrogens with zero attached hydrogens (tertiary/aromatic N) is 4. The lowest BCUT2D eigenvalue weighted by atomic mass is 10.0. The summed E-state index contributed by atoms with van der Waals surface area (Å²) in [6.07, 6.45) is 3.55. The average molecular weight is 406 g/mol. The second-order valence-electron chi connectivity index (χ2n) is 7.46. The minimum absolute atomic E-state index is 0.0943. The highest BCUT2D eigenvalue weighted by molar-refractivity contribution is 5.83. The Morgan fingerprint density at radius 2 is 1.71 bits per heavy atom. The van der Waals surface area contributed by atoms with E-state index >= 15 is 0 Å². The highest BCUT2D eigenvalue weighted by Crippen LogP contribution is 2.26. The minimum Gasteiger partial charge on any atom is -0.399 e. The molecule has 5 aromatic rings. The fourth-order valence-electron chi connectivity index (χ4n) is 3.66. The van der Waals surface area contributed by atoms with Crippen molar-refractivity contribution in [3.8, 4) is 16.9 Å². The first-order valence-corrected chi connectivity index (χ1v) is 10.2. The number of fused-ring (bicyclic) bond motifs is 1. The van der Waals surface area contributed by atoms with E-state index < -0.39 is 0 Å². The number of nitrogens with two attached hydrogens (primary N) is 1. The first kappa shape index (κ1) is 18.8. The smallest absolute Gasteiger partial charge is 0.225 e. The summed E-state index contributed by atoms with van der Waals surface area (Å²) in [4.78, 5) is 13.7. The van der Waals surface area contributed by atoms with Gasteiger partial charge in [-0.3, -0.25) is 4.57 Å². The molecule has 2 heterocycles. The molecule has 0 radical (unpaired) electrons. The Morgan fingerprint density at radius 3 is 2.55 bits per heavy atom. The van der Waals surface area contributed by atoms with Crippen molar-refractivity contribution in [3.63, 3.8) is 0 Å². The highest BCUT2D eigenvalue weighted by Gasteiger charge is 2.11. The molecule has 152 valence electrons. The summed E-state index contributed by atoms with van der Waals surface area (Å²) in [7, 11) is 0. The van der Waals surface area contributed by atoms with E-state index in [-0.39, 0.29) is 6.04 Å². The third kappa shape index (κ3) is 3.83. The lowest BCUT2D eigenvalue weighted by Crippen LogP contribution is -2.10. The molecule has 2 aromatic heterocycles.